The van der Waals surface area contributed by atoms with E-state index >= 15 is 0 Å². The summed E-state index contributed by atoms with van der Waals surface area (Å²) >= 11 is 0. The third kappa shape index (κ3) is 3.59. The van der Waals surface area contributed by atoms with Crippen LogP contribution in [0.15, 0.2) is 28.2 Å². The molecule has 0 bridgehead atoms. The molecule has 1 aliphatic rings. The zero-order valence-electron chi connectivity index (χ0n) is 11.4. The zero-order chi connectivity index (χ0) is 15.4. The van der Waals surface area contributed by atoms with Crippen molar-refractivity contribution in [3.8, 4) is 0 Å². The molecule has 0 aliphatic carbocycles. The molecule has 9 heteroatoms. The van der Waals surface area contributed by atoms with E-state index in [0.29, 0.717) is 0 Å². The highest BCUT2D eigenvalue weighted by atomic mass is 16.6. The van der Waals surface area contributed by atoms with E-state index in [9.17, 15) is 10.1 Å². The van der Waals surface area contributed by atoms with Gasteiger partial charge in [-0.15, -0.1) is 0 Å². The Morgan fingerprint density at radius 2 is 1.90 bits per heavy atom. The van der Waals surface area contributed by atoms with E-state index in [4.69, 9.17) is 17.2 Å². The van der Waals surface area contributed by atoms with Crippen LogP contribution >= 0.6 is 0 Å². The molecule has 21 heavy (non-hydrogen) atoms. The lowest BCUT2D eigenvalue weighted by atomic mass is 10.2. The van der Waals surface area contributed by atoms with Crippen molar-refractivity contribution in [2.45, 2.75) is 12.8 Å². The van der Waals surface area contributed by atoms with E-state index in [0.717, 1.165) is 31.6 Å². The first-order chi connectivity index (χ1) is 9.97. The summed E-state index contributed by atoms with van der Waals surface area (Å²) in [5.74, 6) is -0.480. The largest absolute Gasteiger partial charge is 0.371 e. The van der Waals surface area contributed by atoms with Crippen LogP contribution in [0.3, 0.4) is 0 Å². The van der Waals surface area contributed by atoms with Gasteiger partial charge in [0.2, 0.25) is 5.96 Å². The number of hydrogen-bond acceptors (Lipinski definition) is 4. The second kappa shape index (κ2) is 6.07. The fourth-order valence-electron chi connectivity index (χ4n) is 2.21. The number of nitrogens with two attached hydrogens (primary N) is 3. The second-order valence-electron chi connectivity index (χ2n) is 4.63. The molecule has 112 valence electrons. The summed E-state index contributed by atoms with van der Waals surface area (Å²) in [4.78, 5) is 20.2. The number of hydrogen-bond donors (Lipinski definition) is 3. The third-order valence-corrected chi connectivity index (χ3v) is 3.11. The first-order valence-electron chi connectivity index (χ1n) is 6.44. The minimum absolute atomic E-state index is 0.131. The lowest BCUT2D eigenvalue weighted by molar-refractivity contribution is -0.384. The minimum atomic E-state index is -0.518. The van der Waals surface area contributed by atoms with Crippen LogP contribution in [0.1, 0.15) is 12.8 Å². The average molecular weight is 291 g/mol. The van der Waals surface area contributed by atoms with E-state index in [1.807, 2.05) is 0 Å². The minimum Gasteiger partial charge on any atom is -0.371 e. The quantitative estimate of drug-likeness (QED) is 0.318. The van der Waals surface area contributed by atoms with Crippen LogP contribution in [0, 0.1) is 10.1 Å². The van der Waals surface area contributed by atoms with Crippen molar-refractivity contribution >= 4 is 29.0 Å². The standard InChI is InChI=1S/C12H17N7O2/c13-11(14)17-12(15)16-9-7-8(18-5-1-2-6-18)3-4-10(9)19(20)21/h3-4,7H,1-2,5-6H2,(H6,13,14,15,16,17). The fraction of sp³-hybridized carbons (Fsp3) is 0.333. The Kier molecular flexibility index (Phi) is 4.21. The Bertz CT molecular complexity index is 602. The summed E-state index contributed by atoms with van der Waals surface area (Å²) in [5, 5.41) is 11.1. The molecule has 9 nitrogen and oxygen atoms in total. The first-order valence-corrected chi connectivity index (χ1v) is 6.44. The summed E-state index contributed by atoms with van der Waals surface area (Å²) in [6.45, 7) is 1.84. The molecule has 0 amide bonds. The van der Waals surface area contributed by atoms with Crippen molar-refractivity contribution in [1.29, 1.82) is 0 Å². The first kappa shape index (κ1) is 14.6. The maximum Gasteiger partial charge on any atom is 0.295 e. The van der Waals surface area contributed by atoms with Gasteiger partial charge in [0, 0.05) is 24.8 Å². The molecule has 0 atom stereocenters. The van der Waals surface area contributed by atoms with Crippen LogP contribution in [0.4, 0.5) is 17.1 Å². The van der Waals surface area contributed by atoms with Crippen LogP contribution in [-0.4, -0.2) is 29.9 Å². The van der Waals surface area contributed by atoms with Gasteiger partial charge in [-0.2, -0.15) is 4.99 Å². The number of aliphatic imine (C=N–C) groups is 2. The van der Waals surface area contributed by atoms with Gasteiger partial charge in [0.25, 0.3) is 5.69 Å². The number of rotatable bonds is 3. The number of anilines is 1. The van der Waals surface area contributed by atoms with Crippen molar-refractivity contribution in [2.75, 3.05) is 18.0 Å². The molecule has 0 spiro atoms. The van der Waals surface area contributed by atoms with Crippen LogP contribution in [0.2, 0.25) is 0 Å². The van der Waals surface area contributed by atoms with E-state index in [2.05, 4.69) is 14.9 Å². The van der Waals surface area contributed by atoms with E-state index in [1.54, 1.807) is 12.1 Å². The zero-order valence-corrected chi connectivity index (χ0v) is 11.4. The highest BCUT2D eigenvalue weighted by molar-refractivity contribution is 5.94. The normalized spacial score (nSPS) is 15.0. The van der Waals surface area contributed by atoms with Gasteiger partial charge < -0.3 is 22.1 Å². The van der Waals surface area contributed by atoms with Gasteiger partial charge in [-0.05, 0) is 25.0 Å². The second-order valence-corrected chi connectivity index (χ2v) is 4.63. The molecule has 6 N–H and O–H groups in total. The van der Waals surface area contributed by atoms with Crippen LogP contribution in [0.5, 0.6) is 0 Å². The molecule has 0 aromatic heterocycles. The highest BCUT2D eigenvalue weighted by Crippen LogP contribution is 2.33. The van der Waals surface area contributed by atoms with Gasteiger partial charge in [-0.3, -0.25) is 10.1 Å². The number of nitro groups is 1. The topological polar surface area (TPSA) is 149 Å². The summed E-state index contributed by atoms with van der Waals surface area (Å²) in [6, 6.07) is 4.74. The summed E-state index contributed by atoms with van der Waals surface area (Å²) in [5.41, 5.74) is 16.8. The lowest BCUT2D eigenvalue weighted by Crippen LogP contribution is -2.26. The van der Waals surface area contributed by atoms with E-state index in [-0.39, 0.29) is 23.3 Å². The van der Waals surface area contributed by atoms with Crippen LogP contribution < -0.4 is 22.1 Å². The Morgan fingerprint density at radius 1 is 1.24 bits per heavy atom. The van der Waals surface area contributed by atoms with Gasteiger partial charge in [0.15, 0.2) is 5.96 Å². The molecule has 0 saturated carbocycles. The van der Waals surface area contributed by atoms with Gasteiger partial charge in [0.05, 0.1) is 4.92 Å². The predicted molar refractivity (Wildman–Crippen MR) is 81.6 cm³/mol. The van der Waals surface area contributed by atoms with E-state index in [1.165, 1.54) is 6.07 Å². The Hall–Kier alpha value is -2.84. The molecular formula is C12H17N7O2. The molecular weight excluding hydrogens is 274 g/mol. The Labute approximate surface area is 121 Å². The Balaban J connectivity index is 2.42. The van der Waals surface area contributed by atoms with Crippen LogP contribution in [-0.2, 0) is 0 Å². The lowest BCUT2D eigenvalue weighted by Gasteiger charge is -2.17. The van der Waals surface area contributed by atoms with Crippen molar-refractivity contribution in [3.63, 3.8) is 0 Å². The summed E-state index contributed by atoms with van der Waals surface area (Å²) < 4.78 is 0. The fourth-order valence-corrected chi connectivity index (χ4v) is 2.21. The molecule has 1 aromatic rings. The molecule has 1 aromatic carbocycles. The maximum absolute atomic E-state index is 11.1. The van der Waals surface area contributed by atoms with Gasteiger partial charge in [-0.1, -0.05) is 0 Å². The number of nitro benzene ring substituents is 1. The van der Waals surface area contributed by atoms with Crippen LogP contribution in [0.25, 0.3) is 0 Å². The van der Waals surface area contributed by atoms with Crippen molar-refractivity contribution in [3.05, 3.63) is 28.3 Å². The van der Waals surface area contributed by atoms with Crippen molar-refractivity contribution in [2.24, 2.45) is 27.2 Å². The molecule has 0 radical (unpaired) electrons. The number of nitrogens with zero attached hydrogens (tertiary/aromatic N) is 4. The molecule has 1 heterocycles. The monoisotopic (exact) mass is 291 g/mol. The van der Waals surface area contributed by atoms with Gasteiger partial charge >= 0.3 is 0 Å². The van der Waals surface area contributed by atoms with Crippen molar-refractivity contribution < 1.29 is 4.92 Å². The molecule has 1 saturated heterocycles. The molecule has 1 fully saturated rings. The maximum atomic E-state index is 11.1. The summed E-state index contributed by atoms with van der Waals surface area (Å²) in [7, 11) is 0. The van der Waals surface area contributed by atoms with Gasteiger partial charge in [-0.25, -0.2) is 4.99 Å². The van der Waals surface area contributed by atoms with Gasteiger partial charge in [0.1, 0.15) is 5.69 Å². The smallest absolute Gasteiger partial charge is 0.295 e. The average Bonchev–Trinajstić information content (AvgIpc) is 2.90. The predicted octanol–water partition coefficient (Wildman–Crippen LogP) is 0.415. The van der Waals surface area contributed by atoms with E-state index < -0.39 is 4.92 Å². The van der Waals surface area contributed by atoms with Crippen molar-refractivity contribution in [1.82, 2.24) is 0 Å². The Morgan fingerprint density at radius 3 is 2.48 bits per heavy atom. The molecule has 1 aliphatic heterocycles. The highest BCUT2D eigenvalue weighted by Gasteiger charge is 2.18. The molecule has 2 rings (SSSR count). The number of guanidine groups is 2. The number of benzene rings is 1. The summed E-state index contributed by atoms with van der Waals surface area (Å²) in [6.07, 6.45) is 2.21. The molecule has 0 unspecified atom stereocenters. The SMILES string of the molecule is NC(N)=NC(N)=Nc1cc(N2CCCC2)ccc1[N+](=O)[O-]. The third-order valence-electron chi connectivity index (χ3n) is 3.11.